The van der Waals surface area contributed by atoms with Crippen LogP contribution in [-0.4, -0.2) is 4.57 Å². The number of para-hydroxylation sites is 1. The third-order valence-corrected chi connectivity index (χ3v) is 4.08. The van der Waals surface area contributed by atoms with Crippen molar-refractivity contribution < 1.29 is 0 Å². The van der Waals surface area contributed by atoms with Gasteiger partial charge in [-0.15, -0.1) is 0 Å². The summed E-state index contributed by atoms with van der Waals surface area (Å²) in [6, 6.07) is 6.52. The van der Waals surface area contributed by atoms with Crippen LogP contribution in [0.25, 0.3) is 10.9 Å². The molecule has 0 bridgehead atoms. The number of hydrogen-bond acceptors (Lipinski definition) is 1. The second-order valence-electron chi connectivity index (χ2n) is 5.28. The van der Waals surface area contributed by atoms with Gasteiger partial charge in [0.05, 0.1) is 5.52 Å². The van der Waals surface area contributed by atoms with Crippen molar-refractivity contribution in [2.45, 2.75) is 39.3 Å². The molecule has 0 spiro atoms. The fourth-order valence-electron chi connectivity index (χ4n) is 2.88. The van der Waals surface area contributed by atoms with Gasteiger partial charge in [-0.2, -0.15) is 0 Å². The molecule has 0 amide bonds. The topological polar surface area (TPSA) is 30.9 Å². The molecule has 1 aliphatic rings. The van der Waals surface area contributed by atoms with Crippen molar-refractivity contribution in [2.75, 3.05) is 0 Å². The van der Waals surface area contributed by atoms with Crippen LogP contribution < -0.4 is 5.73 Å². The fourth-order valence-corrected chi connectivity index (χ4v) is 2.88. The lowest BCUT2D eigenvalue weighted by atomic mass is 9.85. The third-order valence-electron chi connectivity index (χ3n) is 4.08. The molecule has 1 saturated carbocycles. The van der Waals surface area contributed by atoms with Gasteiger partial charge >= 0.3 is 0 Å². The Bertz CT molecular complexity index is 535. The standard InChI is InChI=1S/C15H20N2/c1-11-4-2-7-14-13(8-16)10-17(15(11)14)9-12-5-3-6-12/h2,4,7,10,12H,3,5-6,8-9,16H2,1H3. The highest BCUT2D eigenvalue weighted by molar-refractivity contribution is 5.86. The monoisotopic (exact) mass is 228 g/mol. The van der Waals surface area contributed by atoms with E-state index in [4.69, 9.17) is 5.73 Å². The molecular weight excluding hydrogens is 208 g/mol. The second-order valence-corrected chi connectivity index (χ2v) is 5.28. The van der Waals surface area contributed by atoms with E-state index in [0.717, 1.165) is 5.92 Å². The Hall–Kier alpha value is -1.28. The van der Waals surface area contributed by atoms with Crippen LogP contribution in [0.2, 0.25) is 0 Å². The van der Waals surface area contributed by atoms with Gasteiger partial charge in [0.1, 0.15) is 0 Å². The van der Waals surface area contributed by atoms with E-state index in [0.29, 0.717) is 6.54 Å². The minimum Gasteiger partial charge on any atom is -0.347 e. The predicted octanol–water partition coefficient (Wildman–Crippen LogP) is 3.21. The normalized spacial score (nSPS) is 16.4. The highest BCUT2D eigenvalue weighted by Gasteiger charge is 2.19. The highest BCUT2D eigenvalue weighted by atomic mass is 15.0. The molecule has 1 aromatic heterocycles. The summed E-state index contributed by atoms with van der Waals surface area (Å²) >= 11 is 0. The van der Waals surface area contributed by atoms with E-state index in [1.165, 1.54) is 47.8 Å². The summed E-state index contributed by atoms with van der Waals surface area (Å²) in [6.07, 6.45) is 6.45. The van der Waals surface area contributed by atoms with Gasteiger partial charge in [-0.3, -0.25) is 0 Å². The Kier molecular flexibility index (Phi) is 2.67. The van der Waals surface area contributed by atoms with Crippen molar-refractivity contribution in [3.63, 3.8) is 0 Å². The largest absolute Gasteiger partial charge is 0.347 e. The molecular formula is C15H20N2. The Morgan fingerprint density at radius 1 is 1.35 bits per heavy atom. The molecule has 2 heteroatoms. The molecule has 17 heavy (non-hydrogen) atoms. The molecule has 2 aromatic rings. The van der Waals surface area contributed by atoms with Gasteiger partial charge in [0.25, 0.3) is 0 Å². The van der Waals surface area contributed by atoms with Crippen LogP contribution >= 0.6 is 0 Å². The van der Waals surface area contributed by atoms with Crippen LogP contribution in [0.1, 0.15) is 30.4 Å². The maximum atomic E-state index is 5.84. The first-order chi connectivity index (χ1) is 8.29. The zero-order valence-corrected chi connectivity index (χ0v) is 10.4. The number of rotatable bonds is 3. The number of benzene rings is 1. The van der Waals surface area contributed by atoms with Crippen molar-refractivity contribution in [1.82, 2.24) is 4.57 Å². The smallest absolute Gasteiger partial charge is 0.0513 e. The van der Waals surface area contributed by atoms with Gasteiger partial charge in [0, 0.05) is 24.7 Å². The molecule has 2 N–H and O–H groups in total. The molecule has 1 heterocycles. The molecule has 1 aliphatic carbocycles. The molecule has 0 radical (unpaired) electrons. The summed E-state index contributed by atoms with van der Waals surface area (Å²) in [4.78, 5) is 0. The Balaban J connectivity index is 2.09. The van der Waals surface area contributed by atoms with E-state index in [1.807, 2.05) is 0 Å². The van der Waals surface area contributed by atoms with Crippen LogP contribution in [-0.2, 0) is 13.1 Å². The van der Waals surface area contributed by atoms with Crippen LogP contribution in [0, 0.1) is 12.8 Å². The highest BCUT2D eigenvalue weighted by Crippen LogP contribution is 2.31. The summed E-state index contributed by atoms with van der Waals surface area (Å²) in [7, 11) is 0. The maximum absolute atomic E-state index is 5.84. The SMILES string of the molecule is Cc1cccc2c(CN)cn(CC3CCC3)c12. The number of hydrogen-bond donors (Lipinski definition) is 1. The number of nitrogens with two attached hydrogens (primary N) is 1. The number of nitrogens with zero attached hydrogens (tertiary/aromatic N) is 1. The van der Waals surface area contributed by atoms with Crippen LogP contribution in [0.5, 0.6) is 0 Å². The average Bonchev–Trinajstić information content (AvgIpc) is 2.63. The van der Waals surface area contributed by atoms with Gasteiger partial charge in [0.2, 0.25) is 0 Å². The van der Waals surface area contributed by atoms with E-state index in [1.54, 1.807) is 0 Å². The van der Waals surface area contributed by atoms with E-state index in [-0.39, 0.29) is 0 Å². The third kappa shape index (κ3) is 1.77. The maximum Gasteiger partial charge on any atom is 0.0513 e. The lowest BCUT2D eigenvalue weighted by Gasteiger charge is -2.26. The first-order valence-electron chi connectivity index (χ1n) is 6.57. The van der Waals surface area contributed by atoms with Crippen LogP contribution in [0.3, 0.4) is 0 Å². The van der Waals surface area contributed by atoms with Crippen molar-refractivity contribution in [1.29, 1.82) is 0 Å². The molecule has 0 atom stereocenters. The first-order valence-corrected chi connectivity index (χ1v) is 6.57. The van der Waals surface area contributed by atoms with Crippen LogP contribution in [0.4, 0.5) is 0 Å². The van der Waals surface area contributed by atoms with Crippen molar-refractivity contribution in [2.24, 2.45) is 11.7 Å². The van der Waals surface area contributed by atoms with Gasteiger partial charge in [-0.1, -0.05) is 24.6 Å². The molecule has 1 aromatic carbocycles. The molecule has 0 saturated heterocycles. The minimum absolute atomic E-state index is 0.637. The second kappa shape index (κ2) is 4.19. The summed E-state index contributed by atoms with van der Waals surface area (Å²) in [6.45, 7) is 4.00. The number of aryl methyl sites for hydroxylation is 1. The molecule has 0 aliphatic heterocycles. The summed E-state index contributed by atoms with van der Waals surface area (Å²) in [5.74, 6) is 0.885. The summed E-state index contributed by atoms with van der Waals surface area (Å²) < 4.78 is 2.43. The van der Waals surface area contributed by atoms with Crippen molar-refractivity contribution >= 4 is 10.9 Å². The van der Waals surface area contributed by atoms with Crippen molar-refractivity contribution in [3.05, 3.63) is 35.5 Å². The van der Waals surface area contributed by atoms with E-state index in [2.05, 4.69) is 35.9 Å². The van der Waals surface area contributed by atoms with Gasteiger partial charge in [0.15, 0.2) is 0 Å². The zero-order valence-electron chi connectivity index (χ0n) is 10.4. The fraction of sp³-hybridized carbons (Fsp3) is 0.467. The molecule has 1 fully saturated rings. The van der Waals surface area contributed by atoms with E-state index in [9.17, 15) is 0 Å². The van der Waals surface area contributed by atoms with Gasteiger partial charge < -0.3 is 10.3 Å². The van der Waals surface area contributed by atoms with Crippen molar-refractivity contribution in [3.8, 4) is 0 Å². The first kappa shape index (κ1) is 10.8. The molecule has 0 unspecified atom stereocenters. The number of fused-ring (bicyclic) bond motifs is 1. The number of aromatic nitrogens is 1. The lowest BCUT2D eigenvalue weighted by Crippen LogP contribution is -2.17. The Labute approximate surface area is 102 Å². The molecule has 2 nitrogen and oxygen atoms in total. The van der Waals surface area contributed by atoms with Gasteiger partial charge in [-0.25, -0.2) is 0 Å². The summed E-state index contributed by atoms with van der Waals surface area (Å²) in [5.41, 5.74) is 9.88. The Morgan fingerprint density at radius 3 is 2.82 bits per heavy atom. The molecule has 3 rings (SSSR count). The Morgan fingerprint density at radius 2 is 2.18 bits per heavy atom. The zero-order chi connectivity index (χ0) is 11.8. The quantitative estimate of drug-likeness (QED) is 0.859. The average molecular weight is 228 g/mol. The molecule has 90 valence electrons. The minimum atomic E-state index is 0.637. The predicted molar refractivity (Wildman–Crippen MR) is 71.9 cm³/mol. The summed E-state index contributed by atoms with van der Waals surface area (Å²) in [5, 5.41) is 1.34. The van der Waals surface area contributed by atoms with E-state index < -0.39 is 0 Å². The lowest BCUT2D eigenvalue weighted by molar-refractivity contribution is 0.279. The van der Waals surface area contributed by atoms with Gasteiger partial charge in [-0.05, 0) is 36.8 Å². The van der Waals surface area contributed by atoms with E-state index >= 15 is 0 Å². The van der Waals surface area contributed by atoms with Crippen LogP contribution in [0.15, 0.2) is 24.4 Å².